The van der Waals surface area contributed by atoms with Crippen molar-refractivity contribution in [1.29, 1.82) is 0 Å². The highest BCUT2D eigenvalue weighted by Crippen LogP contribution is 2.10. The smallest absolute Gasteiger partial charge is 0.243 e. The molecular formula is C20H37N3O4. The highest BCUT2D eigenvalue weighted by molar-refractivity contribution is 5.92. The summed E-state index contributed by atoms with van der Waals surface area (Å²) in [6.45, 7) is 13.1. The summed E-state index contributed by atoms with van der Waals surface area (Å²) < 4.78 is 0. The second-order valence-electron chi connectivity index (χ2n) is 8.45. The van der Waals surface area contributed by atoms with Crippen LogP contribution in [-0.4, -0.2) is 42.1 Å². The van der Waals surface area contributed by atoms with Crippen LogP contribution in [0.25, 0.3) is 0 Å². The third-order valence-corrected chi connectivity index (χ3v) is 3.96. The van der Waals surface area contributed by atoms with Crippen LogP contribution in [0.2, 0.25) is 0 Å². The highest BCUT2D eigenvalue weighted by atomic mass is 16.2. The third-order valence-electron chi connectivity index (χ3n) is 3.96. The molecule has 0 aromatic heterocycles. The van der Waals surface area contributed by atoms with E-state index in [2.05, 4.69) is 16.0 Å². The molecule has 7 nitrogen and oxygen atoms in total. The minimum Gasteiger partial charge on any atom is -0.345 e. The number of carbonyl (C=O) groups excluding carboxylic acids is 4. The summed E-state index contributed by atoms with van der Waals surface area (Å²) in [6.07, 6.45) is 2.19. The van der Waals surface area contributed by atoms with E-state index in [-0.39, 0.29) is 35.5 Å². The van der Waals surface area contributed by atoms with Gasteiger partial charge >= 0.3 is 0 Å². The first kappa shape index (κ1) is 25.1. The first-order valence-corrected chi connectivity index (χ1v) is 9.79. The minimum atomic E-state index is -0.754. The molecule has 0 saturated heterocycles. The Hall–Kier alpha value is -1.92. The van der Waals surface area contributed by atoms with Gasteiger partial charge in [-0.25, -0.2) is 0 Å². The lowest BCUT2D eigenvalue weighted by atomic mass is 9.99. The summed E-state index contributed by atoms with van der Waals surface area (Å²) >= 11 is 0. The number of aldehydes is 1. The van der Waals surface area contributed by atoms with Crippen molar-refractivity contribution in [1.82, 2.24) is 16.0 Å². The number of carbonyl (C=O) groups is 4. The molecule has 0 aromatic rings. The molecule has 0 unspecified atom stereocenters. The Bertz CT molecular complexity index is 503. The third kappa shape index (κ3) is 11.4. The van der Waals surface area contributed by atoms with E-state index in [0.29, 0.717) is 19.3 Å². The van der Waals surface area contributed by atoms with Gasteiger partial charge in [0.25, 0.3) is 0 Å². The molecule has 0 rings (SSSR count). The largest absolute Gasteiger partial charge is 0.345 e. The Balaban J connectivity index is 5.19. The van der Waals surface area contributed by atoms with Crippen molar-refractivity contribution >= 4 is 24.0 Å². The first-order chi connectivity index (χ1) is 12.5. The van der Waals surface area contributed by atoms with Gasteiger partial charge in [0, 0.05) is 6.92 Å². The van der Waals surface area contributed by atoms with Gasteiger partial charge in [0.1, 0.15) is 18.4 Å². The molecule has 0 aromatic carbocycles. The Labute approximate surface area is 163 Å². The minimum absolute atomic E-state index is 0.171. The van der Waals surface area contributed by atoms with Crippen LogP contribution in [0.15, 0.2) is 0 Å². The second kappa shape index (κ2) is 12.5. The number of amides is 3. The number of nitrogens with one attached hydrogen (secondary N) is 3. The van der Waals surface area contributed by atoms with E-state index in [1.807, 2.05) is 41.5 Å². The predicted molar refractivity (Wildman–Crippen MR) is 106 cm³/mol. The molecule has 3 atom stereocenters. The van der Waals surface area contributed by atoms with Gasteiger partial charge in [-0.2, -0.15) is 0 Å². The van der Waals surface area contributed by atoms with E-state index in [1.165, 1.54) is 6.92 Å². The summed E-state index contributed by atoms with van der Waals surface area (Å²) in [6, 6.07) is -2.02. The number of rotatable bonds is 12. The van der Waals surface area contributed by atoms with Gasteiger partial charge in [-0.05, 0) is 37.0 Å². The van der Waals surface area contributed by atoms with Crippen molar-refractivity contribution in [2.75, 3.05) is 0 Å². The molecule has 3 amide bonds. The van der Waals surface area contributed by atoms with E-state index in [4.69, 9.17) is 0 Å². The summed E-state index contributed by atoms with van der Waals surface area (Å²) in [4.78, 5) is 48.0. The molecule has 0 bridgehead atoms. The lowest BCUT2D eigenvalue weighted by Crippen LogP contribution is -2.55. The maximum atomic E-state index is 12.7. The average molecular weight is 384 g/mol. The molecule has 0 radical (unpaired) electrons. The molecule has 0 spiro atoms. The first-order valence-electron chi connectivity index (χ1n) is 9.79. The Morgan fingerprint density at radius 3 is 1.48 bits per heavy atom. The molecule has 0 saturated carbocycles. The monoisotopic (exact) mass is 383 g/mol. The molecule has 0 aliphatic carbocycles. The van der Waals surface area contributed by atoms with Crippen LogP contribution < -0.4 is 16.0 Å². The van der Waals surface area contributed by atoms with Gasteiger partial charge in [0.2, 0.25) is 17.7 Å². The van der Waals surface area contributed by atoms with Crippen molar-refractivity contribution in [3.8, 4) is 0 Å². The van der Waals surface area contributed by atoms with Crippen molar-refractivity contribution in [3.63, 3.8) is 0 Å². The Morgan fingerprint density at radius 2 is 1.11 bits per heavy atom. The van der Waals surface area contributed by atoms with Gasteiger partial charge in [-0.15, -0.1) is 0 Å². The zero-order chi connectivity index (χ0) is 21.1. The van der Waals surface area contributed by atoms with Gasteiger partial charge in [0.15, 0.2) is 0 Å². The maximum absolute atomic E-state index is 12.7. The van der Waals surface area contributed by atoms with E-state index in [1.54, 1.807) is 0 Å². The van der Waals surface area contributed by atoms with Crippen LogP contribution >= 0.6 is 0 Å². The molecule has 0 aliphatic heterocycles. The Morgan fingerprint density at radius 1 is 0.704 bits per heavy atom. The van der Waals surface area contributed by atoms with Crippen LogP contribution in [0.5, 0.6) is 0 Å². The van der Waals surface area contributed by atoms with Crippen LogP contribution in [0.4, 0.5) is 0 Å². The molecule has 0 aliphatic rings. The summed E-state index contributed by atoms with van der Waals surface area (Å²) in [5.74, 6) is -0.416. The molecule has 156 valence electrons. The zero-order valence-electron chi connectivity index (χ0n) is 17.8. The summed E-state index contributed by atoms with van der Waals surface area (Å²) in [5, 5.41) is 8.13. The molecule has 0 fully saturated rings. The topological polar surface area (TPSA) is 104 Å². The average Bonchev–Trinajstić information content (AvgIpc) is 2.50. The van der Waals surface area contributed by atoms with E-state index in [9.17, 15) is 19.2 Å². The molecule has 3 N–H and O–H groups in total. The highest BCUT2D eigenvalue weighted by Gasteiger charge is 2.28. The van der Waals surface area contributed by atoms with Gasteiger partial charge in [-0.3, -0.25) is 14.4 Å². The summed E-state index contributed by atoms with van der Waals surface area (Å²) in [5.41, 5.74) is 0. The summed E-state index contributed by atoms with van der Waals surface area (Å²) in [7, 11) is 0. The van der Waals surface area contributed by atoms with Gasteiger partial charge < -0.3 is 20.7 Å². The molecule has 27 heavy (non-hydrogen) atoms. The van der Waals surface area contributed by atoms with Crippen molar-refractivity contribution < 1.29 is 19.2 Å². The molecule has 0 heterocycles. The van der Waals surface area contributed by atoms with Crippen LogP contribution in [-0.2, 0) is 19.2 Å². The van der Waals surface area contributed by atoms with E-state index >= 15 is 0 Å². The van der Waals surface area contributed by atoms with Crippen LogP contribution in [0.3, 0.4) is 0 Å². The van der Waals surface area contributed by atoms with Gasteiger partial charge in [0.05, 0.1) is 6.04 Å². The van der Waals surface area contributed by atoms with Gasteiger partial charge in [-0.1, -0.05) is 41.5 Å². The normalized spacial score (nSPS) is 14.6. The lowest BCUT2D eigenvalue weighted by molar-refractivity contribution is -0.133. The quantitative estimate of drug-likeness (QED) is 0.447. The fraction of sp³-hybridized carbons (Fsp3) is 0.800. The fourth-order valence-electron chi connectivity index (χ4n) is 2.86. The predicted octanol–water partition coefficient (Wildman–Crippen LogP) is 1.80. The number of hydrogen-bond donors (Lipinski definition) is 3. The standard InChI is InChI=1S/C20H37N3O4/c1-12(2)8-16(11-24)22-19(26)18(10-14(5)6)23-20(27)17(9-13(3)4)21-15(7)25/h11-14,16-18H,8-10H2,1-7H3,(H,21,25)(H,22,26)(H,23,27)/t16-,17-,18-/m0/s1. The van der Waals surface area contributed by atoms with Crippen molar-refractivity contribution in [2.24, 2.45) is 17.8 Å². The lowest BCUT2D eigenvalue weighted by Gasteiger charge is -2.26. The number of hydrogen-bond acceptors (Lipinski definition) is 4. The zero-order valence-corrected chi connectivity index (χ0v) is 17.8. The fourth-order valence-corrected chi connectivity index (χ4v) is 2.86. The van der Waals surface area contributed by atoms with Crippen molar-refractivity contribution in [2.45, 2.75) is 85.9 Å². The molecular weight excluding hydrogens is 346 g/mol. The maximum Gasteiger partial charge on any atom is 0.243 e. The SMILES string of the molecule is CC(=O)N[C@@H](CC(C)C)C(=O)N[C@@H](CC(C)C)C(=O)N[C@H](C=O)CC(C)C. The van der Waals surface area contributed by atoms with Crippen molar-refractivity contribution in [3.05, 3.63) is 0 Å². The van der Waals surface area contributed by atoms with E-state index in [0.717, 1.165) is 6.29 Å². The molecule has 7 heteroatoms. The van der Waals surface area contributed by atoms with Crippen LogP contribution in [0, 0.1) is 17.8 Å². The Kier molecular flexibility index (Phi) is 11.6. The van der Waals surface area contributed by atoms with E-state index < -0.39 is 18.1 Å². The van der Waals surface area contributed by atoms with Crippen LogP contribution in [0.1, 0.15) is 67.7 Å². The second-order valence-corrected chi connectivity index (χ2v) is 8.45.